The number of aromatic amines is 1. The molecule has 3 nitrogen and oxygen atoms in total. The van der Waals surface area contributed by atoms with E-state index in [1.165, 1.54) is 16.7 Å². The van der Waals surface area contributed by atoms with Crippen molar-refractivity contribution < 1.29 is 4.79 Å². The normalized spacial score (nSPS) is 10.6. The van der Waals surface area contributed by atoms with E-state index in [4.69, 9.17) is 0 Å². The van der Waals surface area contributed by atoms with E-state index < -0.39 is 0 Å². The molecule has 2 rings (SSSR count). The summed E-state index contributed by atoms with van der Waals surface area (Å²) in [7, 11) is 0. The maximum atomic E-state index is 11.8. The van der Waals surface area contributed by atoms with Crippen LogP contribution < -0.4 is 0 Å². The van der Waals surface area contributed by atoms with Crippen LogP contribution in [0.25, 0.3) is 0 Å². The van der Waals surface area contributed by atoms with Gasteiger partial charge in [0.1, 0.15) is 5.69 Å². The van der Waals surface area contributed by atoms with Crippen LogP contribution >= 0.6 is 0 Å². The van der Waals surface area contributed by atoms with Crippen LogP contribution in [0.15, 0.2) is 30.7 Å². The van der Waals surface area contributed by atoms with E-state index in [1.807, 2.05) is 0 Å². The minimum Gasteiger partial charge on any atom is -0.342 e. The molecule has 0 fully saturated rings. The zero-order valence-corrected chi connectivity index (χ0v) is 11.6. The largest absolute Gasteiger partial charge is 0.342 e. The number of hydrogen-bond donors (Lipinski definition) is 1. The first-order chi connectivity index (χ1) is 9.16. The lowest BCUT2D eigenvalue weighted by Crippen LogP contribution is -2.00. The number of aromatic nitrogens is 2. The molecule has 0 aliphatic heterocycles. The highest BCUT2D eigenvalue weighted by molar-refractivity contribution is 5.93. The van der Waals surface area contributed by atoms with Gasteiger partial charge in [-0.1, -0.05) is 23.8 Å². The summed E-state index contributed by atoms with van der Waals surface area (Å²) >= 11 is 0. The molecule has 100 valence electrons. The van der Waals surface area contributed by atoms with Gasteiger partial charge in [0.25, 0.3) is 0 Å². The van der Waals surface area contributed by atoms with Crippen LogP contribution in [0.2, 0.25) is 0 Å². The average Bonchev–Trinajstić information content (AvgIpc) is 2.90. The van der Waals surface area contributed by atoms with Crippen molar-refractivity contribution >= 4 is 5.78 Å². The molecular weight excluding hydrogens is 236 g/mol. The molecule has 0 amide bonds. The molecule has 0 saturated carbocycles. The number of nitrogens with one attached hydrogen (secondary N) is 1. The molecule has 19 heavy (non-hydrogen) atoms. The fourth-order valence-corrected chi connectivity index (χ4v) is 2.27. The third kappa shape index (κ3) is 3.78. The van der Waals surface area contributed by atoms with Gasteiger partial charge in [-0.3, -0.25) is 4.79 Å². The number of aryl methyl sites for hydroxylation is 3. The Balaban J connectivity index is 1.76. The molecule has 0 bridgehead atoms. The van der Waals surface area contributed by atoms with Gasteiger partial charge in [0.2, 0.25) is 0 Å². The number of carbonyl (C=O) groups excluding carboxylic acids is 1. The predicted octanol–water partition coefficient (Wildman–Crippen LogP) is 3.62. The van der Waals surface area contributed by atoms with E-state index in [1.54, 1.807) is 12.5 Å². The van der Waals surface area contributed by atoms with E-state index in [-0.39, 0.29) is 5.78 Å². The number of Topliss-reactive ketones (excluding diaryl/α,β-unsaturated/α-hetero) is 1. The molecule has 1 N–H and O–H groups in total. The molecular formula is C16H20N2O. The van der Waals surface area contributed by atoms with Crippen LogP contribution in [0.1, 0.15) is 46.4 Å². The van der Waals surface area contributed by atoms with Gasteiger partial charge < -0.3 is 4.98 Å². The molecule has 1 aromatic carbocycles. The summed E-state index contributed by atoms with van der Waals surface area (Å²) in [6.07, 6.45) is 6.74. The highest BCUT2D eigenvalue weighted by Crippen LogP contribution is 2.14. The van der Waals surface area contributed by atoms with Crippen molar-refractivity contribution in [2.24, 2.45) is 0 Å². The summed E-state index contributed by atoms with van der Waals surface area (Å²) < 4.78 is 0. The van der Waals surface area contributed by atoms with Crippen molar-refractivity contribution in [2.75, 3.05) is 0 Å². The number of H-pyrrole nitrogens is 1. The number of ketones is 1. The summed E-state index contributed by atoms with van der Waals surface area (Å²) in [4.78, 5) is 18.5. The van der Waals surface area contributed by atoms with Crippen LogP contribution in [-0.4, -0.2) is 15.8 Å². The van der Waals surface area contributed by atoms with Gasteiger partial charge in [0.05, 0.1) is 12.5 Å². The standard InChI is InChI=1S/C16H20N2O/c1-12-7-8-14(13(2)9-12)5-3-4-6-16(19)15-10-17-11-18-15/h7-11H,3-6H2,1-2H3,(H,17,18). The van der Waals surface area contributed by atoms with Crippen molar-refractivity contribution in [2.45, 2.75) is 39.5 Å². The number of unbranched alkanes of at least 4 members (excludes halogenated alkanes) is 1. The first kappa shape index (κ1) is 13.5. The first-order valence-corrected chi connectivity index (χ1v) is 6.74. The quantitative estimate of drug-likeness (QED) is 0.633. The lowest BCUT2D eigenvalue weighted by molar-refractivity contribution is 0.0975. The minimum absolute atomic E-state index is 0.151. The van der Waals surface area contributed by atoms with Gasteiger partial charge in [0, 0.05) is 6.42 Å². The van der Waals surface area contributed by atoms with E-state index in [2.05, 4.69) is 42.0 Å². The van der Waals surface area contributed by atoms with Crippen LogP contribution in [0, 0.1) is 13.8 Å². The van der Waals surface area contributed by atoms with E-state index in [9.17, 15) is 4.79 Å². The summed E-state index contributed by atoms with van der Waals surface area (Å²) in [6.45, 7) is 4.26. The van der Waals surface area contributed by atoms with Crippen LogP contribution in [-0.2, 0) is 6.42 Å². The monoisotopic (exact) mass is 256 g/mol. The fraction of sp³-hybridized carbons (Fsp3) is 0.375. The number of rotatable bonds is 6. The molecule has 3 heteroatoms. The van der Waals surface area contributed by atoms with E-state index >= 15 is 0 Å². The molecule has 0 unspecified atom stereocenters. The van der Waals surface area contributed by atoms with E-state index in [0.717, 1.165) is 19.3 Å². The Morgan fingerprint density at radius 1 is 1.26 bits per heavy atom. The number of hydrogen-bond acceptors (Lipinski definition) is 2. The number of imidazole rings is 1. The minimum atomic E-state index is 0.151. The molecule has 1 heterocycles. The number of carbonyl (C=O) groups is 1. The summed E-state index contributed by atoms with van der Waals surface area (Å²) in [6, 6.07) is 6.56. The zero-order valence-electron chi connectivity index (χ0n) is 11.6. The highest BCUT2D eigenvalue weighted by Gasteiger charge is 2.06. The second-order valence-corrected chi connectivity index (χ2v) is 5.03. The molecule has 2 aromatic rings. The Labute approximate surface area is 114 Å². The Hall–Kier alpha value is -1.90. The smallest absolute Gasteiger partial charge is 0.180 e. The van der Waals surface area contributed by atoms with Crippen LogP contribution in [0.3, 0.4) is 0 Å². The van der Waals surface area contributed by atoms with Gasteiger partial charge in [-0.05, 0) is 44.2 Å². The second-order valence-electron chi connectivity index (χ2n) is 5.03. The van der Waals surface area contributed by atoms with Crippen LogP contribution in [0.5, 0.6) is 0 Å². The lowest BCUT2D eigenvalue weighted by Gasteiger charge is -2.06. The third-order valence-corrected chi connectivity index (χ3v) is 3.40. The van der Waals surface area contributed by atoms with Crippen molar-refractivity contribution in [1.82, 2.24) is 9.97 Å². The predicted molar refractivity (Wildman–Crippen MR) is 76.4 cm³/mol. The lowest BCUT2D eigenvalue weighted by atomic mass is 9.99. The number of benzene rings is 1. The zero-order chi connectivity index (χ0) is 13.7. The average molecular weight is 256 g/mol. The molecule has 0 atom stereocenters. The van der Waals surface area contributed by atoms with Crippen molar-refractivity contribution in [3.8, 4) is 0 Å². The van der Waals surface area contributed by atoms with Gasteiger partial charge in [-0.25, -0.2) is 4.98 Å². The first-order valence-electron chi connectivity index (χ1n) is 6.74. The van der Waals surface area contributed by atoms with Gasteiger partial charge in [-0.15, -0.1) is 0 Å². The third-order valence-electron chi connectivity index (χ3n) is 3.40. The van der Waals surface area contributed by atoms with Crippen molar-refractivity contribution in [1.29, 1.82) is 0 Å². The Kier molecular flexibility index (Phi) is 4.50. The van der Waals surface area contributed by atoms with Gasteiger partial charge >= 0.3 is 0 Å². The summed E-state index contributed by atoms with van der Waals surface area (Å²) in [5.74, 6) is 0.151. The Morgan fingerprint density at radius 3 is 2.79 bits per heavy atom. The molecule has 0 radical (unpaired) electrons. The SMILES string of the molecule is Cc1ccc(CCCCC(=O)c2cnc[nH]2)c(C)c1. The maximum absolute atomic E-state index is 11.8. The highest BCUT2D eigenvalue weighted by atomic mass is 16.1. The topological polar surface area (TPSA) is 45.8 Å². The van der Waals surface area contributed by atoms with Gasteiger partial charge in [-0.2, -0.15) is 0 Å². The molecule has 1 aromatic heterocycles. The molecule has 0 saturated heterocycles. The Morgan fingerprint density at radius 2 is 2.11 bits per heavy atom. The van der Waals surface area contributed by atoms with Crippen LogP contribution in [0.4, 0.5) is 0 Å². The molecule has 0 aliphatic carbocycles. The summed E-state index contributed by atoms with van der Waals surface area (Å²) in [5.41, 5.74) is 4.65. The molecule has 0 spiro atoms. The van der Waals surface area contributed by atoms with Crippen molar-refractivity contribution in [3.05, 3.63) is 53.1 Å². The van der Waals surface area contributed by atoms with E-state index in [0.29, 0.717) is 12.1 Å². The maximum Gasteiger partial charge on any atom is 0.180 e. The Bertz CT molecular complexity index is 544. The number of nitrogens with zero attached hydrogens (tertiary/aromatic N) is 1. The summed E-state index contributed by atoms with van der Waals surface area (Å²) in [5, 5.41) is 0. The van der Waals surface area contributed by atoms with Gasteiger partial charge in [0.15, 0.2) is 5.78 Å². The fourth-order valence-electron chi connectivity index (χ4n) is 2.27. The molecule has 0 aliphatic rings. The van der Waals surface area contributed by atoms with Crippen molar-refractivity contribution in [3.63, 3.8) is 0 Å². The second kappa shape index (κ2) is 6.32.